The molecule has 0 radical (unpaired) electrons. The van der Waals surface area contributed by atoms with Gasteiger partial charge in [0.1, 0.15) is 0 Å². The van der Waals surface area contributed by atoms with Gasteiger partial charge in [-0.2, -0.15) is 5.26 Å². The topological polar surface area (TPSA) is 53.2 Å². The molecular weight excluding hydrogens is 166 g/mol. The van der Waals surface area contributed by atoms with Crippen LogP contribution < -0.4 is 0 Å². The molecule has 3 bridgehead atoms. The van der Waals surface area contributed by atoms with Crippen LogP contribution in [0.1, 0.15) is 0 Å². The van der Waals surface area contributed by atoms with Crippen molar-refractivity contribution in [3.05, 3.63) is 0 Å². The van der Waals surface area contributed by atoms with Gasteiger partial charge in [0.2, 0.25) is 0 Å². The summed E-state index contributed by atoms with van der Waals surface area (Å²) in [7, 11) is 0. The Bertz CT molecular complexity index is 379. The van der Waals surface area contributed by atoms with E-state index in [1.54, 1.807) is 0 Å². The van der Waals surface area contributed by atoms with Crippen molar-refractivity contribution < 1.29 is 9.84 Å². The molecule has 2 aliphatic heterocycles. The van der Waals surface area contributed by atoms with E-state index >= 15 is 0 Å². The fraction of sp³-hybridized carbons (Fsp3) is 0.900. The van der Waals surface area contributed by atoms with Gasteiger partial charge in [-0.25, -0.2) is 0 Å². The lowest BCUT2D eigenvalue weighted by molar-refractivity contribution is -0.122. The number of aliphatic hydroxyl groups excluding tert-OH is 1. The zero-order chi connectivity index (χ0) is 8.53. The number of rotatable bonds is 0. The van der Waals surface area contributed by atoms with E-state index in [0.717, 1.165) is 5.92 Å². The van der Waals surface area contributed by atoms with Gasteiger partial charge in [-0.05, 0) is 23.7 Å². The minimum absolute atomic E-state index is 0.102. The van der Waals surface area contributed by atoms with Crippen LogP contribution in [-0.4, -0.2) is 23.4 Å². The Morgan fingerprint density at radius 2 is 2.08 bits per heavy atom. The van der Waals surface area contributed by atoms with E-state index in [-0.39, 0.29) is 29.6 Å². The van der Waals surface area contributed by atoms with Crippen LogP contribution in [0, 0.1) is 46.3 Å². The summed E-state index contributed by atoms with van der Waals surface area (Å²) in [5.74, 6) is 2.83. The van der Waals surface area contributed by atoms with Crippen molar-refractivity contribution in [2.75, 3.05) is 0 Å². The largest absolute Gasteiger partial charge is 0.390 e. The van der Waals surface area contributed by atoms with Gasteiger partial charge in [-0.1, -0.05) is 0 Å². The minimum atomic E-state index is -0.324. The Morgan fingerprint density at radius 1 is 1.23 bits per heavy atom. The van der Waals surface area contributed by atoms with Crippen LogP contribution in [0.2, 0.25) is 0 Å². The highest BCUT2D eigenvalue weighted by atomic mass is 16.5. The van der Waals surface area contributed by atoms with Crippen molar-refractivity contribution in [3.8, 4) is 6.07 Å². The smallest absolute Gasteiger partial charge is 0.0929 e. The van der Waals surface area contributed by atoms with Gasteiger partial charge in [0, 0.05) is 5.92 Å². The summed E-state index contributed by atoms with van der Waals surface area (Å²) in [6.45, 7) is 0. The molecule has 3 nitrogen and oxygen atoms in total. The second-order valence-electron chi connectivity index (χ2n) is 5.34. The maximum absolute atomic E-state index is 9.94. The monoisotopic (exact) mass is 175 g/mol. The van der Waals surface area contributed by atoms with Crippen LogP contribution in [0.4, 0.5) is 0 Å². The van der Waals surface area contributed by atoms with E-state index in [0.29, 0.717) is 17.8 Å². The first kappa shape index (κ1) is 6.00. The third-order valence-electron chi connectivity index (χ3n) is 5.39. The highest BCUT2D eigenvalue weighted by molar-refractivity contribution is 5.46. The first-order chi connectivity index (χ1) is 6.32. The van der Waals surface area contributed by atoms with Gasteiger partial charge in [0.15, 0.2) is 0 Å². The molecule has 1 N–H and O–H groups in total. The number of aliphatic hydroxyl groups is 1. The van der Waals surface area contributed by atoms with Crippen LogP contribution in [0.3, 0.4) is 0 Å². The molecule has 6 fully saturated rings. The number of nitrogens with zero attached hydrogens (tertiary/aromatic N) is 1. The fourth-order valence-electron chi connectivity index (χ4n) is 5.11. The molecular formula is C10H9NO2. The number of hydrogen-bond acceptors (Lipinski definition) is 3. The number of hydrogen-bond donors (Lipinski definition) is 1. The molecule has 0 amide bonds. The number of nitriles is 1. The van der Waals surface area contributed by atoms with Crippen molar-refractivity contribution >= 4 is 0 Å². The normalized spacial score (nSPS) is 83.7. The van der Waals surface area contributed by atoms with Crippen LogP contribution >= 0.6 is 0 Å². The van der Waals surface area contributed by atoms with Gasteiger partial charge < -0.3 is 9.84 Å². The third kappa shape index (κ3) is 0.318. The van der Waals surface area contributed by atoms with Crippen LogP contribution in [0.5, 0.6) is 0 Å². The second kappa shape index (κ2) is 1.25. The van der Waals surface area contributed by atoms with Gasteiger partial charge in [0.25, 0.3) is 0 Å². The summed E-state index contributed by atoms with van der Waals surface area (Å²) in [5, 5.41) is 19.1. The molecule has 0 aromatic carbocycles. The molecule has 4 aliphatic carbocycles. The van der Waals surface area contributed by atoms with E-state index in [1.165, 1.54) is 0 Å². The predicted octanol–water partition coefficient (Wildman–Crippen LogP) is -0.240. The van der Waals surface area contributed by atoms with Gasteiger partial charge in [0.05, 0.1) is 29.8 Å². The molecule has 6 rings (SSSR count). The maximum atomic E-state index is 9.94. The van der Waals surface area contributed by atoms with Crippen LogP contribution in [0.15, 0.2) is 0 Å². The number of ether oxygens (including phenoxy) is 1. The lowest BCUT2D eigenvalue weighted by Gasteiger charge is -2.32. The van der Waals surface area contributed by atoms with Crippen molar-refractivity contribution in [2.45, 2.75) is 18.3 Å². The van der Waals surface area contributed by atoms with Crippen molar-refractivity contribution in [1.29, 1.82) is 5.26 Å². The van der Waals surface area contributed by atoms with Gasteiger partial charge in [-0.15, -0.1) is 0 Å². The quantitative estimate of drug-likeness (QED) is 0.553. The van der Waals surface area contributed by atoms with E-state index in [2.05, 4.69) is 6.07 Å². The summed E-state index contributed by atoms with van der Waals surface area (Å²) < 4.78 is 5.77. The highest BCUT2D eigenvalue weighted by Gasteiger charge is 2.96. The van der Waals surface area contributed by atoms with Crippen molar-refractivity contribution in [1.82, 2.24) is 0 Å². The van der Waals surface area contributed by atoms with E-state index < -0.39 is 0 Å². The Hall–Kier alpha value is -0.590. The minimum Gasteiger partial charge on any atom is -0.390 e. The predicted molar refractivity (Wildman–Crippen MR) is 40.2 cm³/mol. The molecule has 0 aromatic rings. The zero-order valence-electron chi connectivity index (χ0n) is 6.92. The second-order valence-corrected chi connectivity index (χ2v) is 5.34. The van der Waals surface area contributed by atoms with Crippen LogP contribution in [-0.2, 0) is 4.74 Å². The van der Waals surface area contributed by atoms with Crippen molar-refractivity contribution in [3.63, 3.8) is 0 Å². The average molecular weight is 175 g/mol. The van der Waals surface area contributed by atoms with E-state index in [4.69, 9.17) is 4.74 Å². The summed E-state index contributed by atoms with van der Waals surface area (Å²) in [6.07, 6.45) is -0.0178. The molecule has 4 saturated carbocycles. The molecule has 3 heteroatoms. The Morgan fingerprint density at radius 3 is 2.85 bits per heavy atom. The van der Waals surface area contributed by atoms with Crippen molar-refractivity contribution in [2.24, 2.45) is 35.0 Å². The van der Waals surface area contributed by atoms with Gasteiger partial charge >= 0.3 is 0 Å². The first-order valence-electron chi connectivity index (χ1n) is 5.07. The Labute approximate surface area is 75.3 Å². The lowest BCUT2D eigenvalue weighted by atomic mass is 9.91. The summed E-state index contributed by atoms with van der Waals surface area (Å²) in [6, 6.07) is 2.44. The molecule has 66 valence electrons. The SMILES string of the molecule is N#CC12C3OC4C(O)C1C2C1C4C13. The fourth-order valence-corrected chi connectivity index (χ4v) is 5.11. The molecule has 2 saturated heterocycles. The molecule has 2 heterocycles. The summed E-state index contributed by atoms with van der Waals surface area (Å²) >= 11 is 0. The molecule has 0 aromatic heterocycles. The molecule has 0 spiro atoms. The summed E-state index contributed by atoms with van der Waals surface area (Å²) in [4.78, 5) is 0. The van der Waals surface area contributed by atoms with E-state index in [1.807, 2.05) is 0 Å². The zero-order valence-corrected chi connectivity index (χ0v) is 6.92. The standard InChI is InChI=1S/C10H9NO2/c11-1-10-5-2-3-4(2)9(10)13-8(3)7(12)6(5)10/h2-9,12H. The average Bonchev–Trinajstić information content (AvgIpc) is 2.93. The molecule has 9 unspecified atom stereocenters. The Kier molecular flexibility index (Phi) is 0.578. The molecule has 6 aliphatic rings. The lowest BCUT2D eigenvalue weighted by Crippen LogP contribution is -2.43. The Balaban J connectivity index is 1.82. The first-order valence-corrected chi connectivity index (χ1v) is 5.07. The highest BCUT2D eigenvalue weighted by Crippen LogP contribution is 2.90. The van der Waals surface area contributed by atoms with E-state index in [9.17, 15) is 10.4 Å². The van der Waals surface area contributed by atoms with Crippen LogP contribution in [0.25, 0.3) is 0 Å². The maximum Gasteiger partial charge on any atom is 0.0929 e. The molecule has 9 atom stereocenters. The van der Waals surface area contributed by atoms with Gasteiger partial charge in [-0.3, -0.25) is 0 Å². The molecule has 13 heavy (non-hydrogen) atoms. The third-order valence-corrected chi connectivity index (χ3v) is 5.39. The summed E-state index contributed by atoms with van der Waals surface area (Å²) in [5.41, 5.74) is -0.238.